The van der Waals surface area contributed by atoms with Crippen molar-refractivity contribution in [2.24, 2.45) is 10.9 Å². The first-order valence-corrected chi connectivity index (χ1v) is 15.0. The van der Waals surface area contributed by atoms with Crippen molar-refractivity contribution in [2.75, 3.05) is 19.7 Å². The number of rotatable bonds is 12. The molecule has 1 fully saturated rings. The zero-order valence-corrected chi connectivity index (χ0v) is 23.8. The first kappa shape index (κ1) is 27.9. The van der Waals surface area contributed by atoms with Gasteiger partial charge in [-0.3, -0.25) is 4.99 Å². The molecule has 1 heterocycles. The Kier molecular flexibility index (Phi) is 10.1. The van der Waals surface area contributed by atoms with Gasteiger partial charge in [0.1, 0.15) is 6.10 Å². The molecule has 5 unspecified atom stereocenters. The summed E-state index contributed by atoms with van der Waals surface area (Å²) in [6, 6.07) is 31.3. The van der Waals surface area contributed by atoms with Crippen LogP contribution in [0.3, 0.4) is 0 Å². The molecule has 206 valence electrons. The summed E-state index contributed by atoms with van der Waals surface area (Å²) in [5.74, 6) is 0.207. The van der Waals surface area contributed by atoms with Crippen LogP contribution in [-0.2, 0) is 34.0 Å². The van der Waals surface area contributed by atoms with Crippen LogP contribution in [0.25, 0.3) is 0 Å². The standard InChI is InChI=1S/C33H40N2O3S/c1-3-35(4-2)33-34-30-29(39-33)20-28(24-36-21-25-14-8-5-9-15-25)31(37-22-26-16-10-6-11-17-26)32(30)38-23-27-18-12-7-13-19-27/h5-19,28-32H,3-4,20-24H2,1-2H3. The molecular formula is C33H40N2O3S. The lowest BCUT2D eigenvalue weighted by Gasteiger charge is -2.42. The first-order chi connectivity index (χ1) is 19.2. The van der Waals surface area contributed by atoms with Crippen molar-refractivity contribution in [3.8, 4) is 0 Å². The molecule has 1 aliphatic carbocycles. The van der Waals surface area contributed by atoms with Gasteiger partial charge in [-0.2, -0.15) is 0 Å². The number of hydrogen-bond acceptors (Lipinski definition) is 6. The average Bonchev–Trinajstić information content (AvgIpc) is 3.41. The van der Waals surface area contributed by atoms with Crippen LogP contribution in [0.4, 0.5) is 0 Å². The number of amidine groups is 1. The molecule has 5 nitrogen and oxygen atoms in total. The fourth-order valence-electron chi connectivity index (χ4n) is 5.49. The second-order valence-corrected chi connectivity index (χ2v) is 11.5. The molecule has 3 aromatic carbocycles. The molecule has 1 saturated carbocycles. The maximum absolute atomic E-state index is 6.75. The van der Waals surface area contributed by atoms with Gasteiger partial charge in [-0.15, -0.1) is 0 Å². The smallest absolute Gasteiger partial charge is 0.159 e. The molecule has 0 amide bonds. The predicted molar refractivity (Wildman–Crippen MR) is 160 cm³/mol. The summed E-state index contributed by atoms with van der Waals surface area (Å²) in [6.07, 6.45) is 0.716. The van der Waals surface area contributed by atoms with Crippen LogP contribution < -0.4 is 0 Å². The molecule has 0 N–H and O–H groups in total. The Labute approximate surface area is 237 Å². The van der Waals surface area contributed by atoms with E-state index >= 15 is 0 Å². The number of benzene rings is 3. The van der Waals surface area contributed by atoms with Gasteiger partial charge in [-0.25, -0.2) is 0 Å². The van der Waals surface area contributed by atoms with E-state index in [1.54, 1.807) is 0 Å². The quantitative estimate of drug-likeness (QED) is 0.258. The second kappa shape index (κ2) is 14.1. The maximum atomic E-state index is 6.75. The van der Waals surface area contributed by atoms with Crippen molar-refractivity contribution in [3.05, 3.63) is 108 Å². The minimum absolute atomic E-state index is 0.0560. The Hall–Kier alpha value is -2.64. The van der Waals surface area contributed by atoms with Crippen molar-refractivity contribution in [1.29, 1.82) is 0 Å². The van der Waals surface area contributed by atoms with Crippen molar-refractivity contribution in [3.63, 3.8) is 0 Å². The van der Waals surface area contributed by atoms with Crippen LogP contribution >= 0.6 is 11.8 Å². The van der Waals surface area contributed by atoms with E-state index < -0.39 is 0 Å². The van der Waals surface area contributed by atoms with Crippen LogP contribution in [0.2, 0.25) is 0 Å². The van der Waals surface area contributed by atoms with Crippen LogP contribution in [0, 0.1) is 5.92 Å². The highest BCUT2D eigenvalue weighted by atomic mass is 32.2. The molecule has 0 saturated heterocycles. The van der Waals surface area contributed by atoms with Gasteiger partial charge in [0.15, 0.2) is 5.17 Å². The topological polar surface area (TPSA) is 43.3 Å². The van der Waals surface area contributed by atoms with Crippen molar-refractivity contribution < 1.29 is 14.2 Å². The van der Waals surface area contributed by atoms with Crippen LogP contribution in [0.5, 0.6) is 0 Å². The zero-order valence-electron chi connectivity index (χ0n) is 23.0. The number of ether oxygens (including phenoxy) is 3. The Bertz CT molecular complexity index is 1160. The summed E-state index contributed by atoms with van der Waals surface area (Å²) in [5, 5.41) is 1.49. The van der Waals surface area contributed by atoms with Crippen LogP contribution in [-0.4, -0.2) is 53.3 Å². The van der Waals surface area contributed by atoms with E-state index in [2.05, 4.69) is 91.5 Å². The molecule has 1 aliphatic heterocycles. The number of fused-ring (bicyclic) bond motifs is 1. The van der Waals surface area contributed by atoms with E-state index in [1.807, 2.05) is 30.0 Å². The third-order valence-electron chi connectivity index (χ3n) is 7.61. The Morgan fingerprint density at radius 1 is 0.718 bits per heavy atom. The fraction of sp³-hybridized carbons (Fsp3) is 0.424. The van der Waals surface area contributed by atoms with E-state index in [0.717, 1.165) is 30.2 Å². The summed E-state index contributed by atoms with van der Waals surface area (Å²) < 4.78 is 19.8. The molecule has 2 aliphatic rings. The third-order valence-corrected chi connectivity index (χ3v) is 8.95. The maximum Gasteiger partial charge on any atom is 0.159 e. The average molecular weight is 545 g/mol. The summed E-state index contributed by atoms with van der Waals surface area (Å²) in [4.78, 5) is 7.63. The molecule has 0 aromatic heterocycles. The van der Waals surface area contributed by atoms with E-state index in [-0.39, 0.29) is 24.2 Å². The van der Waals surface area contributed by atoms with E-state index in [0.29, 0.717) is 31.7 Å². The lowest BCUT2D eigenvalue weighted by atomic mass is 9.81. The second-order valence-electron chi connectivity index (χ2n) is 10.2. The first-order valence-electron chi connectivity index (χ1n) is 14.2. The number of aliphatic imine (C=N–C) groups is 1. The van der Waals surface area contributed by atoms with Crippen molar-refractivity contribution >= 4 is 16.9 Å². The minimum atomic E-state index is -0.154. The van der Waals surface area contributed by atoms with E-state index in [1.165, 1.54) is 11.1 Å². The summed E-state index contributed by atoms with van der Waals surface area (Å²) in [7, 11) is 0. The van der Waals surface area contributed by atoms with Crippen LogP contribution in [0.1, 0.15) is 37.0 Å². The van der Waals surface area contributed by atoms with E-state index in [4.69, 9.17) is 19.2 Å². The Morgan fingerprint density at radius 2 is 1.23 bits per heavy atom. The fourth-order valence-corrected chi connectivity index (χ4v) is 7.05. The van der Waals surface area contributed by atoms with Crippen molar-refractivity contribution in [1.82, 2.24) is 4.90 Å². The van der Waals surface area contributed by atoms with Gasteiger partial charge in [0.25, 0.3) is 0 Å². The minimum Gasteiger partial charge on any atom is -0.376 e. The molecule has 0 spiro atoms. The molecule has 3 aromatic rings. The lowest BCUT2D eigenvalue weighted by Crippen LogP contribution is -2.54. The highest BCUT2D eigenvalue weighted by molar-refractivity contribution is 8.14. The summed E-state index contributed by atoms with van der Waals surface area (Å²) in [5.41, 5.74) is 3.52. The van der Waals surface area contributed by atoms with Gasteiger partial charge in [-0.1, -0.05) is 103 Å². The monoisotopic (exact) mass is 544 g/mol. The van der Waals surface area contributed by atoms with Gasteiger partial charge < -0.3 is 19.1 Å². The van der Waals surface area contributed by atoms with Gasteiger partial charge in [0.2, 0.25) is 0 Å². The highest BCUT2D eigenvalue weighted by Gasteiger charge is 2.50. The van der Waals surface area contributed by atoms with Gasteiger partial charge in [0, 0.05) is 24.3 Å². The van der Waals surface area contributed by atoms with Gasteiger partial charge >= 0.3 is 0 Å². The Morgan fingerprint density at radius 3 is 1.77 bits per heavy atom. The molecule has 5 atom stereocenters. The molecule has 0 radical (unpaired) electrons. The molecule has 0 bridgehead atoms. The third kappa shape index (κ3) is 7.31. The zero-order chi connectivity index (χ0) is 26.9. The molecule has 5 rings (SSSR count). The van der Waals surface area contributed by atoms with E-state index in [9.17, 15) is 0 Å². The number of thioether (sulfide) groups is 1. The van der Waals surface area contributed by atoms with Gasteiger partial charge in [-0.05, 0) is 37.0 Å². The summed E-state index contributed by atoms with van der Waals surface area (Å²) in [6.45, 7) is 8.61. The molecule has 6 heteroatoms. The largest absolute Gasteiger partial charge is 0.376 e. The summed E-state index contributed by atoms with van der Waals surface area (Å²) >= 11 is 1.91. The van der Waals surface area contributed by atoms with Gasteiger partial charge in [0.05, 0.1) is 38.6 Å². The number of nitrogens with zero attached hydrogens (tertiary/aromatic N) is 2. The number of hydrogen-bond donors (Lipinski definition) is 0. The van der Waals surface area contributed by atoms with Crippen LogP contribution in [0.15, 0.2) is 96.0 Å². The van der Waals surface area contributed by atoms with Crippen molar-refractivity contribution in [2.45, 2.75) is 63.6 Å². The Balaban J connectivity index is 1.38. The molecule has 39 heavy (non-hydrogen) atoms. The highest BCUT2D eigenvalue weighted by Crippen LogP contribution is 2.43. The SMILES string of the molecule is CCN(CC)C1=NC2C(CC(COCc3ccccc3)C(OCc3ccccc3)C2OCc2ccccc2)S1. The molecular weight excluding hydrogens is 504 g/mol. The predicted octanol–water partition coefficient (Wildman–Crippen LogP) is 6.58. The lowest BCUT2D eigenvalue weighted by molar-refractivity contribution is -0.145. The normalized spacial score (nSPS) is 24.3.